The summed E-state index contributed by atoms with van der Waals surface area (Å²) in [5.74, 6) is 0.885. The number of carbonyl (C=O) groups excluding carboxylic acids is 2. The van der Waals surface area contributed by atoms with Crippen LogP contribution in [0, 0.1) is 5.92 Å². The van der Waals surface area contributed by atoms with Crippen LogP contribution in [0.2, 0.25) is 0 Å². The van der Waals surface area contributed by atoms with E-state index >= 15 is 0 Å². The van der Waals surface area contributed by atoms with Crippen LogP contribution in [0.1, 0.15) is 30.9 Å². The minimum Gasteiger partial charge on any atom is -0.494 e. The highest BCUT2D eigenvalue weighted by atomic mass is 16.5. The average Bonchev–Trinajstić information content (AvgIpc) is 3.65. The van der Waals surface area contributed by atoms with E-state index in [2.05, 4.69) is 17.1 Å². The Labute approximate surface area is 207 Å². The zero-order chi connectivity index (χ0) is 24.6. The second-order valence-electron chi connectivity index (χ2n) is 9.03. The number of aromatic amines is 1. The molecule has 1 aliphatic rings. The molecule has 1 N–H and O–H groups in total. The highest BCUT2D eigenvalue weighted by molar-refractivity contribution is 5.87. The second kappa shape index (κ2) is 11.9. The van der Waals surface area contributed by atoms with Gasteiger partial charge < -0.3 is 24.3 Å². The quantitative estimate of drug-likeness (QED) is 0.404. The Kier molecular flexibility index (Phi) is 8.42. The Morgan fingerprint density at radius 2 is 1.80 bits per heavy atom. The number of hydrogen-bond acceptors (Lipinski definition) is 4. The molecule has 2 amide bonds. The van der Waals surface area contributed by atoms with Gasteiger partial charge in [0.25, 0.3) is 0 Å². The molecule has 4 rings (SSSR count). The molecule has 7 nitrogen and oxygen atoms in total. The molecule has 3 aromatic rings. The normalized spacial score (nSPS) is 13.1. The van der Waals surface area contributed by atoms with E-state index < -0.39 is 0 Å². The van der Waals surface area contributed by atoms with Gasteiger partial charge in [-0.3, -0.25) is 9.59 Å². The fourth-order valence-corrected chi connectivity index (χ4v) is 4.28. The van der Waals surface area contributed by atoms with Gasteiger partial charge in [0, 0.05) is 49.8 Å². The third-order valence-electron chi connectivity index (χ3n) is 6.42. The van der Waals surface area contributed by atoms with Gasteiger partial charge in [0.1, 0.15) is 5.75 Å². The van der Waals surface area contributed by atoms with Gasteiger partial charge in [0.05, 0.1) is 19.8 Å². The molecular formula is C28H35N3O4. The SMILES string of the molecule is CCOc1ccc(CN(CCc2c[nH]c3ccccc23)C(=O)CN(CCOC)C(=O)C2CC2)cc1. The second-order valence-corrected chi connectivity index (χ2v) is 9.03. The molecule has 35 heavy (non-hydrogen) atoms. The maximum Gasteiger partial charge on any atom is 0.242 e. The van der Waals surface area contributed by atoms with Gasteiger partial charge in [-0.05, 0) is 55.5 Å². The zero-order valence-electron chi connectivity index (χ0n) is 20.7. The van der Waals surface area contributed by atoms with Gasteiger partial charge >= 0.3 is 0 Å². The first kappa shape index (κ1) is 24.8. The van der Waals surface area contributed by atoms with Gasteiger partial charge in [-0.15, -0.1) is 0 Å². The van der Waals surface area contributed by atoms with Crippen LogP contribution in [0.25, 0.3) is 10.9 Å². The van der Waals surface area contributed by atoms with E-state index in [1.54, 1.807) is 12.0 Å². The Hall–Kier alpha value is -3.32. The third kappa shape index (κ3) is 6.63. The van der Waals surface area contributed by atoms with Crippen LogP contribution in [0.5, 0.6) is 5.75 Å². The number of para-hydroxylation sites is 1. The Morgan fingerprint density at radius 3 is 2.51 bits per heavy atom. The number of aromatic nitrogens is 1. The molecule has 1 aromatic heterocycles. The maximum absolute atomic E-state index is 13.5. The summed E-state index contributed by atoms with van der Waals surface area (Å²) >= 11 is 0. The molecule has 1 heterocycles. The minimum atomic E-state index is -0.0520. The summed E-state index contributed by atoms with van der Waals surface area (Å²) in [6.07, 6.45) is 4.56. The molecule has 1 fully saturated rings. The third-order valence-corrected chi connectivity index (χ3v) is 6.42. The smallest absolute Gasteiger partial charge is 0.242 e. The molecule has 1 saturated carbocycles. The summed E-state index contributed by atoms with van der Waals surface area (Å²) in [4.78, 5) is 33.2. The van der Waals surface area contributed by atoms with Crippen LogP contribution in [-0.2, 0) is 27.3 Å². The number of H-pyrrole nitrogens is 1. The standard InChI is InChI=1S/C28H35N3O4/c1-3-35-24-12-8-21(9-13-24)19-30(15-14-23-18-29-26-7-5-4-6-25(23)26)27(32)20-31(16-17-34-2)28(33)22-10-11-22/h4-9,12-13,18,22,29H,3,10-11,14-17,19-20H2,1-2H3. The summed E-state index contributed by atoms with van der Waals surface area (Å²) < 4.78 is 10.8. The van der Waals surface area contributed by atoms with Crippen molar-refractivity contribution in [3.63, 3.8) is 0 Å². The molecule has 1 aliphatic carbocycles. The van der Waals surface area contributed by atoms with Crippen molar-refractivity contribution < 1.29 is 19.1 Å². The number of carbonyl (C=O) groups is 2. The molecule has 0 saturated heterocycles. The van der Waals surface area contributed by atoms with E-state index in [-0.39, 0.29) is 24.3 Å². The number of hydrogen-bond donors (Lipinski definition) is 1. The molecule has 0 atom stereocenters. The number of ether oxygens (including phenoxy) is 2. The molecule has 0 unspecified atom stereocenters. The van der Waals surface area contributed by atoms with Crippen LogP contribution < -0.4 is 4.74 Å². The van der Waals surface area contributed by atoms with Crippen molar-refractivity contribution in [2.24, 2.45) is 5.92 Å². The largest absolute Gasteiger partial charge is 0.494 e. The summed E-state index contributed by atoms with van der Waals surface area (Å²) in [6.45, 7) is 4.52. The number of fused-ring (bicyclic) bond motifs is 1. The van der Waals surface area contributed by atoms with E-state index in [1.165, 1.54) is 10.9 Å². The lowest BCUT2D eigenvalue weighted by molar-refractivity contribution is -0.142. The van der Waals surface area contributed by atoms with Crippen molar-refractivity contribution in [2.75, 3.05) is 40.0 Å². The molecule has 186 valence electrons. The molecular weight excluding hydrogens is 442 g/mol. The first-order valence-electron chi connectivity index (χ1n) is 12.4. The molecule has 0 radical (unpaired) electrons. The van der Waals surface area contributed by atoms with E-state index in [1.807, 2.05) is 54.4 Å². The van der Waals surface area contributed by atoms with Crippen molar-refractivity contribution >= 4 is 22.7 Å². The number of amides is 2. The number of rotatable bonds is 13. The fourth-order valence-electron chi connectivity index (χ4n) is 4.28. The van der Waals surface area contributed by atoms with Crippen molar-refractivity contribution in [2.45, 2.75) is 32.7 Å². The Morgan fingerprint density at radius 1 is 1.03 bits per heavy atom. The topological polar surface area (TPSA) is 74.9 Å². The van der Waals surface area contributed by atoms with Crippen LogP contribution in [0.4, 0.5) is 0 Å². The first-order chi connectivity index (χ1) is 17.1. The van der Waals surface area contributed by atoms with Gasteiger partial charge in [-0.2, -0.15) is 0 Å². The highest BCUT2D eigenvalue weighted by Crippen LogP contribution is 2.31. The van der Waals surface area contributed by atoms with E-state index in [4.69, 9.17) is 9.47 Å². The molecule has 7 heteroatoms. The highest BCUT2D eigenvalue weighted by Gasteiger charge is 2.34. The predicted molar refractivity (Wildman–Crippen MR) is 136 cm³/mol. The lowest BCUT2D eigenvalue weighted by atomic mass is 10.1. The van der Waals surface area contributed by atoms with E-state index in [0.29, 0.717) is 32.8 Å². The van der Waals surface area contributed by atoms with E-state index in [9.17, 15) is 9.59 Å². The summed E-state index contributed by atoms with van der Waals surface area (Å²) in [5, 5.41) is 1.17. The average molecular weight is 478 g/mol. The maximum atomic E-state index is 13.5. The van der Waals surface area contributed by atoms with Gasteiger partial charge in [-0.1, -0.05) is 30.3 Å². The summed E-state index contributed by atoms with van der Waals surface area (Å²) in [5.41, 5.74) is 3.29. The zero-order valence-corrected chi connectivity index (χ0v) is 20.7. The lowest BCUT2D eigenvalue weighted by Gasteiger charge is -2.28. The Bertz CT molecular complexity index is 1120. The van der Waals surface area contributed by atoms with Gasteiger partial charge in [-0.25, -0.2) is 0 Å². The van der Waals surface area contributed by atoms with Gasteiger partial charge in [0.2, 0.25) is 11.8 Å². The first-order valence-corrected chi connectivity index (χ1v) is 12.4. The van der Waals surface area contributed by atoms with Crippen LogP contribution in [0.3, 0.4) is 0 Å². The lowest BCUT2D eigenvalue weighted by Crippen LogP contribution is -2.45. The monoisotopic (exact) mass is 477 g/mol. The molecule has 2 aromatic carbocycles. The number of benzene rings is 2. The van der Waals surface area contributed by atoms with Crippen molar-refractivity contribution in [3.05, 3.63) is 65.9 Å². The Balaban J connectivity index is 1.49. The van der Waals surface area contributed by atoms with Crippen molar-refractivity contribution in [1.29, 1.82) is 0 Å². The number of methoxy groups -OCH3 is 1. The van der Waals surface area contributed by atoms with Crippen LogP contribution in [0.15, 0.2) is 54.7 Å². The van der Waals surface area contributed by atoms with Crippen molar-refractivity contribution in [1.82, 2.24) is 14.8 Å². The predicted octanol–water partition coefficient (Wildman–Crippen LogP) is 4.02. The van der Waals surface area contributed by atoms with Crippen LogP contribution >= 0.6 is 0 Å². The molecule has 0 spiro atoms. The summed E-state index contributed by atoms with van der Waals surface area (Å²) in [6, 6.07) is 16.0. The van der Waals surface area contributed by atoms with Crippen molar-refractivity contribution in [3.8, 4) is 5.75 Å². The van der Waals surface area contributed by atoms with E-state index in [0.717, 1.165) is 36.1 Å². The number of nitrogens with zero attached hydrogens (tertiary/aromatic N) is 2. The minimum absolute atomic E-state index is 0.0520. The molecule has 0 aliphatic heterocycles. The molecule has 0 bridgehead atoms. The number of nitrogens with one attached hydrogen (secondary N) is 1. The van der Waals surface area contributed by atoms with Gasteiger partial charge in [0.15, 0.2) is 0 Å². The van der Waals surface area contributed by atoms with Crippen LogP contribution in [-0.4, -0.2) is 66.6 Å². The fraction of sp³-hybridized carbons (Fsp3) is 0.429. The summed E-state index contributed by atoms with van der Waals surface area (Å²) in [7, 11) is 1.61.